The fourth-order valence-electron chi connectivity index (χ4n) is 3.49. The zero-order valence-electron chi connectivity index (χ0n) is 15.8. The van der Waals surface area contributed by atoms with Gasteiger partial charge >= 0.3 is 0 Å². The summed E-state index contributed by atoms with van der Waals surface area (Å²) >= 11 is 0. The van der Waals surface area contributed by atoms with Crippen LogP contribution >= 0.6 is 0 Å². The number of aromatic nitrogens is 1. The van der Waals surface area contributed by atoms with E-state index in [0.29, 0.717) is 12.5 Å². The molecule has 1 aliphatic rings. The Bertz CT molecular complexity index is 622. The van der Waals surface area contributed by atoms with Gasteiger partial charge in [0.2, 0.25) is 0 Å². The molecule has 2 aromatic rings. The van der Waals surface area contributed by atoms with Crippen LogP contribution in [0.1, 0.15) is 30.5 Å². The minimum atomic E-state index is 0.628. The maximum absolute atomic E-state index is 5.86. The number of rotatable bonds is 9. The standard InChI is InChI=1S/C22H30N2O2/c1-25-22-9-7-19(8-10-22)5-4-14-24-15-11-20(12-16-24)17-26-18-21-6-2-3-13-23-21/h2-3,6-10,13,20H,4-5,11-12,14-18H2,1H3. The summed E-state index contributed by atoms with van der Waals surface area (Å²) in [6, 6.07) is 14.4. The summed E-state index contributed by atoms with van der Waals surface area (Å²) in [6.45, 7) is 5.06. The minimum Gasteiger partial charge on any atom is -0.497 e. The third-order valence-electron chi connectivity index (χ3n) is 5.14. The van der Waals surface area contributed by atoms with Crippen molar-refractivity contribution in [3.8, 4) is 5.75 Å². The van der Waals surface area contributed by atoms with Crippen LogP contribution in [0.2, 0.25) is 0 Å². The lowest BCUT2D eigenvalue weighted by Gasteiger charge is -2.31. The summed E-state index contributed by atoms with van der Waals surface area (Å²) in [7, 11) is 1.71. The van der Waals surface area contributed by atoms with Crippen LogP contribution in [0.5, 0.6) is 5.75 Å². The van der Waals surface area contributed by atoms with Crippen molar-refractivity contribution in [1.82, 2.24) is 9.88 Å². The van der Waals surface area contributed by atoms with Gasteiger partial charge in [-0.3, -0.25) is 4.98 Å². The highest BCUT2D eigenvalue weighted by atomic mass is 16.5. The number of likely N-dealkylation sites (tertiary alicyclic amines) is 1. The first-order chi connectivity index (χ1) is 12.8. The summed E-state index contributed by atoms with van der Waals surface area (Å²) < 4.78 is 11.1. The summed E-state index contributed by atoms with van der Waals surface area (Å²) in [5, 5.41) is 0. The van der Waals surface area contributed by atoms with Crippen molar-refractivity contribution >= 4 is 0 Å². The molecular formula is C22H30N2O2. The maximum Gasteiger partial charge on any atom is 0.118 e. The molecule has 0 aliphatic carbocycles. The van der Waals surface area contributed by atoms with Crippen LogP contribution in [0.25, 0.3) is 0 Å². The molecule has 0 radical (unpaired) electrons. The van der Waals surface area contributed by atoms with Crippen molar-refractivity contribution in [2.75, 3.05) is 33.4 Å². The lowest BCUT2D eigenvalue weighted by atomic mass is 9.97. The van der Waals surface area contributed by atoms with Crippen molar-refractivity contribution in [3.63, 3.8) is 0 Å². The van der Waals surface area contributed by atoms with E-state index in [0.717, 1.165) is 24.5 Å². The van der Waals surface area contributed by atoms with E-state index in [1.807, 2.05) is 36.5 Å². The van der Waals surface area contributed by atoms with Gasteiger partial charge < -0.3 is 14.4 Å². The van der Waals surface area contributed by atoms with E-state index in [1.165, 1.54) is 44.5 Å². The van der Waals surface area contributed by atoms with Crippen molar-refractivity contribution in [2.45, 2.75) is 32.3 Å². The number of benzene rings is 1. The highest BCUT2D eigenvalue weighted by Gasteiger charge is 2.19. The monoisotopic (exact) mass is 354 g/mol. The highest BCUT2D eigenvalue weighted by Crippen LogP contribution is 2.19. The molecule has 1 saturated heterocycles. The van der Waals surface area contributed by atoms with Crippen molar-refractivity contribution in [2.24, 2.45) is 5.92 Å². The van der Waals surface area contributed by atoms with Gasteiger partial charge in [-0.1, -0.05) is 18.2 Å². The molecule has 3 rings (SSSR count). The van der Waals surface area contributed by atoms with Crippen LogP contribution in [-0.2, 0) is 17.8 Å². The van der Waals surface area contributed by atoms with E-state index in [9.17, 15) is 0 Å². The molecule has 0 spiro atoms. The molecule has 1 fully saturated rings. The summed E-state index contributed by atoms with van der Waals surface area (Å²) in [5.41, 5.74) is 2.41. The molecule has 0 unspecified atom stereocenters. The lowest BCUT2D eigenvalue weighted by Crippen LogP contribution is -2.35. The van der Waals surface area contributed by atoms with Gasteiger partial charge in [-0.25, -0.2) is 0 Å². The molecule has 2 heterocycles. The van der Waals surface area contributed by atoms with Crippen LogP contribution in [0, 0.1) is 5.92 Å². The van der Waals surface area contributed by atoms with E-state index in [1.54, 1.807) is 7.11 Å². The average molecular weight is 354 g/mol. The molecule has 140 valence electrons. The van der Waals surface area contributed by atoms with Gasteiger partial charge in [0.05, 0.1) is 26.0 Å². The van der Waals surface area contributed by atoms with E-state index >= 15 is 0 Å². The number of ether oxygens (including phenoxy) is 2. The SMILES string of the molecule is COc1ccc(CCCN2CCC(COCc3ccccn3)CC2)cc1. The Morgan fingerprint density at radius 2 is 1.88 bits per heavy atom. The molecule has 4 nitrogen and oxygen atoms in total. The van der Waals surface area contributed by atoms with E-state index in [4.69, 9.17) is 9.47 Å². The number of aryl methyl sites for hydroxylation is 1. The third kappa shape index (κ3) is 6.11. The van der Waals surface area contributed by atoms with Gasteiger partial charge in [0.15, 0.2) is 0 Å². The molecule has 1 aromatic heterocycles. The number of hydrogen-bond donors (Lipinski definition) is 0. The quantitative estimate of drug-likeness (QED) is 0.683. The van der Waals surface area contributed by atoms with E-state index < -0.39 is 0 Å². The summed E-state index contributed by atoms with van der Waals surface area (Å²) in [5.74, 6) is 1.62. The van der Waals surface area contributed by atoms with Gasteiger partial charge in [-0.2, -0.15) is 0 Å². The van der Waals surface area contributed by atoms with Crippen LogP contribution in [0.4, 0.5) is 0 Å². The predicted octanol–water partition coefficient (Wildman–Crippen LogP) is 3.95. The fraction of sp³-hybridized carbons (Fsp3) is 0.500. The fourth-order valence-corrected chi connectivity index (χ4v) is 3.49. The van der Waals surface area contributed by atoms with Gasteiger partial charge in [-0.15, -0.1) is 0 Å². The van der Waals surface area contributed by atoms with Crippen LogP contribution in [-0.4, -0.2) is 43.2 Å². The maximum atomic E-state index is 5.86. The topological polar surface area (TPSA) is 34.6 Å². The predicted molar refractivity (Wildman–Crippen MR) is 104 cm³/mol. The second-order valence-electron chi connectivity index (χ2n) is 7.07. The Labute approximate surface area is 157 Å². The zero-order valence-corrected chi connectivity index (χ0v) is 15.8. The lowest BCUT2D eigenvalue weighted by molar-refractivity contribution is 0.0560. The molecule has 0 amide bonds. The van der Waals surface area contributed by atoms with Crippen molar-refractivity contribution in [3.05, 3.63) is 59.9 Å². The van der Waals surface area contributed by atoms with E-state index in [2.05, 4.69) is 22.0 Å². The second kappa shape index (κ2) is 10.3. The molecule has 0 N–H and O–H groups in total. The van der Waals surface area contributed by atoms with Crippen LogP contribution in [0.15, 0.2) is 48.7 Å². The Kier molecular flexibility index (Phi) is 7.47. The largest absolute Gasteiger partial charge is 0.497 e. The Balaban J connectivity index is 1.27. The van der Waals surface area contributed by atoms with Gasteiger partial charge in [0.1, 0.15) is 5.75 Å². The van der Waals surface area contributed by atoms with Crippen molar-refractivity contribution in [1.29, 1.82) is 0 Å². The zero-order chi connectivity index (χ0) is 18.0. The average Bonchev–Trinajstić information content (AvgIpc) is 2.70. The molecule has 0 saturated carbocycles. The number of methoxy groups -OCH3 is 1. The number of nitrogens with zero attached hydrogens (tertiary/aromatic N) is 2. The normalized spacial score (nSPS) is 15.9. The first-order valence-electron chi connectivity index (χ1n) is 9.66. The van der Waals surface area contributed by atoms with E-state index in [-0.39, 0.29) is 0 Å². The molecule has 1 aromatic carbocycles. The number of hydrogen-bond acceptors (Lipinski definition) is 4. The highest BCUT2D eigenvalue weighted by molar-refractivity contribution is 5.27. The summed E-state index contributed by atoms with van der Waals surface area (Å²) in [4.78, 5) is 6.90. The Morgan fingerprint density at radius 3 is 2.58 bits per heavy atom. The summed E-state index contributed by atoms with van der Waals surface area (Å²) in [6.07, 6.45) is 6.66. The Hall–Kier alpha value is -1.91. The van der Waals surface area contributed by atoms with Crippen LogP contribution < -0.4 is 4.74 Å². The molecular weight excluding hydrogens is 324 g/mol. The first kappa shape index (κ1) is 18.9. The van der Waals surface area contributed by atoms with Crippen molar-refractivity contribution < 1.29 is 9.47 Å². The molecule has 4 heteroatoms. The van der Waals surface area contributed by atoms with Crippen LogP contribution in [0.3, 0.4) is 0 Å². The second-order valence-corrected chi connectivity index (χ2v) is 7.07. The van der Waals surface area contributed by atoms with Gasteiger partial charge in [0, 0.05) is 6.20 Å². The molecule has 1 aliphatic heterocycles. The molecule has 0 bridgehead atoms. The van der Waals surface area contributed by atoms with Gasteiger partial charge in [0.25, 0.3) is 0 Å². The van der Waals surface area contributed by atoms with Gasteiger partial charge in [-0.05, 0) is 81.1 Å². The Morgan fingerprint density at radius 1 is 1.08 bits per heavy atom. The molecule has 0 atom stereocenters. The first-order valence-corrected chi connectivity index (χ1v) is 9.66. The number of pyridine rings is 1. The third-order valence-corrected chi connectivity index (χ3v) is 5.14. The smallest absolute Gasteiger partial charge is 0.118 e. The minimum absolute atomic E-state index is 0.628. The number of piperidine rings is 1. The molecule has 26 heavy (non-hydrogen) atoms.